The number of hydrogen-bond acceptors (Lipinski definition) is 7. The maximum Gasteiger partial charge on any atom is 0.347 e. The minimum absolute atomic E-state index is 0.327. The second-order valence-corrected chi connectivity index (χ2v) is 6.32. The van der Waals surface area contributed by atoms with E-state index in [0.717, 1.165) is 22.1 Å². The molecule has 0 spiro atoms. The van der Waals surface area contributed by atoms with Gasteiger partial charge in [0.1, 0.15) is 11.0 Å². The number of carbonyl (C=O) groups is 2. The molecule has 7 heteroatoms. The highest BCUT2D eigenvalue weighted by atomic mass is 32.1. The van der Waals surface area contributed by atoms with Crippen LogP contribution >= 0.6 is 23.1 Å². The summed E-state index contributed by atoms with van der Waals surface area (Å²) in [5.74, 6) is -1.16. The quantitative estimate of drug-likeness (QED) is 0.546. The second-order valence-electron chi connectivity index (χ2n) is 4.75. The highest BCUT2D eigenvalue weighted by Gasteiger charge is 2.34. The molecular formula is C15H8N2O3S2. The number of ether oxygens (including phenoxy) is 1. The average Bonchev–Trinajstić information content (AvgIpc) is 3.21. The van der Waals surface area contributed by atoms with Crippen LogP contribution in [0.4, 0.5) is 0 Å². The largest absolute Gasteiger partial charge is 0.386 e. The van der Waals surface area contributed by atoms with E-state index in [9.17, 15) is 9.59 Å². The predicted octanol–water partition coefficient (Wildman–Crippen LogP) is 2.83. The van der Waals surface area contributed by atoms with Gasteiger partial charge in [0.05, 0.1) is 22.9 Å². The van der Waals surface area contributed by atoms with Gasteiger partial charge in [-0.05, 0) is 29.1 Å². The standard InChI is InChI=1S/C15H8N2O3S2/c18-14-10(7-9-2-1-5-21-9)13(15(19)20-14)8-3-4-11-12(6-8)17-22-16-11/h1-6H,7H2. The van der Waals surface area contributed by atoms with E-state index in [1.54, 1.807) is 29.5 Å². The molecule has 108 valence electrons. The third kappa shape index (κ3) is 2.15. The van der Waals surface area contributed by atoms with Crippen LogP contribution in [0.15, 0.2) is 41.3 Å². The normalized spacial score (nSPS) is 14.9. The van der Waals surface area contributed by atoms with Crippen molar-refractivity contribution in [3.63, 3.8) is 0 Å². The summed E-state index contributed by atoms with van der Waals surface area (Å²) in [4.78, 5) is 25.1. The minimum Gasteiger partial charge on any atom is -0.386 e. The minimum atomic E-state index is -0.598. The summed E-state index contributed by atoms with van der Waals surface area (Å²) in [5, 5.41) is 1.94. The molecule has 0 unspecified atom stereocenters. The Kier molecular flexibility index (Phi) is 3.09. The molecule has 4 rings (SSSR count). The first kappa shape index (κ1) is 13.3. The van der Waals surface area contributed by atoms with Crippen LogP contribution < -0.4 is 0 Å². The van der Waals surface area contributed by atoms with E-state index in [1.165, 1.54) is 0 Å². The predicted molar refractivity (Wildman–Crippen MR) is 83.5 cm³/mol. The van der Waals surface area contributed by atoms with Gasteiger partial charge in [-0.3, -0.25) is 0 Å². The van der Waals surface area contributed by atoms with E-state index in [0.29, 0.717) is 28.6 Å². The SMILES string of the molecule is O=C1OC(=O)C(c2ccc3nsnc3c2)=C1Cc1cccs1. The number of hydrogen-bond donors (Lipinski definition) is 0. The van der Waals surface area contributed by atoms with Crippen LogP contribution in [-0.2, 0) is 20.7 Å². The Balaban J connectivity index is 1.85. The van der Waals surface area contributed by atoms with Gasteiger partial charge in [0.25, 0.3) is 0 Å². The maximum absolute atomic E-state index is 12.1. The number of carbonyl (C=O) groups excluding carboxylic acids is 2. The number of benzene rings is 1. The average molecular weight is 328 g/mol. The third-order valence-electron chi connectivity index (χ3n) is 3.41. The molecule has 3 aromatic rings. The number of nitrogens with zero attached hydrogens (tertiary/aromatic N) is 2. The Morgan fingerprint density at radius 3 is 2.73 bits per heavy atom. The third-order valence-corrected chi connectivity index (χ3v) is 4.84. The Morgan fingerprint density at radius 2 is 1.91 bits per heavy atom. The molecule has 0 N–H and O–H groups in total. The molecular weight excluding hydrogens is 320 g/mol. The van der Waals surface area contributed by atoms with E-state index >= 15 is 0 Å². The summed E-state index contributed by atoms with van der Waals surface area (Å²) < 4.78 is 13.1. The Bertz CT molecular complexity index is 925. The fourth-order valence-electron chi connectivity index (χ4n) is 2.40. The molecule has 5 nitrogen and oxygen atoms in total. The number of rotatable bonds is 3. The lowest BCUT2D eigenvalue weighted by molar-refractivity contribution is -0.150. The second kappa shape index (κ2) is 5.11. The molecule has 0 amide bonds. The first-order valence-electron chi connectivity index (χ1n) is 6.47. The summed E-state index contributed by atoms with van der Waals surface area (Å²) in [6.07, 6.45) is 0.394. The van der Waals surface area contributed by atoms with Crippen LogP contribution in [-0.4, -0.2) is 20.7 Å². The summed E-state index contributed by atoms with van der Waals surface area (Å²) >= 11 is 2.65. The summed E-state index contributed by atoms with van der Waals surface area (Å²) in [5.41, 5.74) is 2.84. The first-order chi connectivity index (χ1) is 10.7. The Labute approximate surface area is 133 Å². The lowest BCUT2D eigenvalue weighted by Crippen LogP contribution is -2.03. The number of fused-ring (bicyclic) bond motifs is 1. The Morgan fingerprint density at radius 1 is 1.05 bits per heavy atom. The maximum atomic E-state index is 12.1. The Hall–Kier alpha value is -2.38. The monoisotopic (exact) mass is 328 g/mol. The molecule has 0 fully saturated rings. The van der Waals surface area contributed by atoms with Crippen molar-refractivity contribution in [2.45, 2.75) is 6.42 Å². The molecule has 2 aromatic heterocycles. The van der Waals surface area contributed by atoms with Crippen LogP contribution in [0.3, 0.4) is 0 Å². The zero-order valence-corrected chi connectivity index (χ0v) is 12.7. The molecule has 0 radical (unpaired) electrons. The van der Waals surface area contributed by atoms with Crippen LogP contribution in [0.5, 0.6) is 0 Å². The van der Waals surface area contributed by atoms with Crippen molar-refractivity contribution >= 4 is 51.6 Å². The molecule has 0 saturated carbocycles. The van der Waals surface area contributed by atoms with Crippen molar-refractivity contribution in [3.8, 4) is 0 Å². The van der Waals surface area contributed by atoms with Gasteiger partial charge in [-0.1, -0.05) is 12.1 Å². The number of thiophene rings is 1. The van der Waals surface area contributed by atoms with Crippen molar-refractivity contribution in [1.29, 1.82) is 0 Å². The molecule has 0 aliphatic carbocycles. The van der Waals surface area contributed by atoms with Gasteiger partial charge in [-0.25, -0.2) is 9.59 Å². The van der Waals surface area contributed by atoms with E-state index < -0.39 is 11.9 Å². The molecule has 0 saturated heterocycles. The highest BCUT2D eigenvalue weighted by Crippen LogP contribution is 2.31. The lowest BCUT2D eigenvalue weighted by atomic mass is 9.98. The summed E-state index contributed by atoms with van der Waals surface area (Å²) in [6, 6.07) is 9.17. The number of aromatic nitrogens is 2. The van der Waals surface area contributed by atoms with Gasteiger partial charge in [0, 0.05) is 11.3 Å². The van der Waals surface area contributed by atoms with Crippen LogP contribution in [0.1, 0.15) is 10.4 Å². The fourth-order valence-corrected chi connectivity index (χ4v) is 3.63. The first-order valence-corrected chi connectivity index (χ1v) is 8.08. The van der Waals surface area contributed by atoms with Crippen molar-refractivity contribution in [3.05, 3.63) is 51.7 Å². The van der Waals surface area contributed by atoms with Gasteiger partial charge in [0.2, 0.25) is 0 Å². The van der Waals surface area contributed by atoms with Crippen molar-refractivity contribution in [1.82, 2.24) is 8.75 Å². The van der Waals surface area contributed by atoms with Crippen molar-refractivity contribution in [2.24, 2.45) is 0 Å². The molecule has 1 aliphatic heterocycles. The number of esters is 2. The summed E-state index contributed by atoms with van der Waals surface area (Å²) in [7, 11) is 0. The van der Waals surface area contributed by atoms with Gasteiger partial charge < -0.3 is 4.74 Å². The topological polar surface area (TPSA) is 69.2 Å². The van der Waals surface area contributed by atoms with Crippen molar-refractivity contribution < 1.29 is 14.3 Å². The van der Waals surface area contributed by atoms with E-state index in [4.69, 9.17) is 4.74 Å². The van der Waals surface area contributed by atoms with E-state index in [2.05, 4.69) is 8.75 Å². The molecule has 0 bridgehead atoms. The molecule has 0 atom stereocenters. The van der Waals surface area contributed by atoms with Gasteiger partial charge in [-0.2, -0.15) is 8.75 Å². The van der Waals surface area contributed by atoms with Crippen LogP contribution in [0.2, 0.25) is 0 Å². The van der Waals surface area contributed by atoms with Crippen molar-refractivity contribution in [2.75, 3.05) is 0 Å². The van der Waals surface area contributed by atoms with Gasteiger partial charge in [0.15, 0.2) is 0 Å². The van der Waals surface area contributed by atoms with E-state index in [-0.39, 0.29) is 0 Å². The fraction of sp³-hybridized carbons (Fsp3) is 0.0667. The lowest BCUT2D eigenvalue weighted by Gasteiger charge is -2.02. The highest BCUT2D eigenvalue weighted by molar-refractivity contribution is 7.09. The zero-order chi connectivity index (χ0) is 15.1. The molecule has 1 aromatic carbocycles. The number of cyclic esters (lactones) is 2. The molecule has 22 heavy (non-hydrogen) atoms. The zero-order valence-electron chi connectivity index (χ0n) is 11.1. The molecule has 3 heterocycles. The smallest absolute Gasteiger partial charge is 0.347 e. The van der Waals surface area contributed by atoms with Crippen LogP contribution in [0, 0.1) is 0 Å². The van der Waals surface area contributed by atoms with E-state index in [1.807, 2.05) is 17.5 Å². The summed E-state index contributed by atoms with van der Waals surface area (Å²) in [6.45, 7) is 0. The molecule has 1 aliphatic rings. The van der Waals surface area contributed by atoms with Crippen LogP contribution in [0.25, 0.3) is 16.6 Å². The van der Waals surface area contributed by atoms with Gasteiger partial charge in [-0.15, -0.1) is 11.3 Å². The van der Waals surface area contributed by atoms with Gasteiger partial charge >= 0.3 is 11.9 Å².